The lowest BCUT2D eigenvalue weighted by Gasteiger charge is -2.36. The topological polar surface area (TPSA) is 111 Å². The molecule has 1 fully saturated rings. The fraction of sp³-hybridized carbons (Fsp3) is 0.158. The van der Waals surface area contributed by atoms with Gasteiger partial charge in [0.15, 0.2) is 11.5 Å². The van der Waals surface area contributed by atoms with Crippen LogP contribution in [0.4, 0.5) is 0 Å². The molecule has 9 nitrogen and oxygen atoms in total. The van der Waals surface area contributed by atoms with Gasteiger partial charge in [-0.25, -0.2) is 9.97 Å². The fourth-order valence-electron chi connectivity index (χ4n) is 2.98. The maximum atomic E-state index is 12.6. The molecule has 0 N–H and O–H groups in total. The molecule has 9 heteroatoms. The van der Waals surface area contributed by atoms with Gasteiger partial charge in [0.2, 0.25) is 17.5 Å². The summed E-state index contributed by atoms with van der Waals surface area (Å²) >= 11 is 0. The molecule has 5 rings (SSSR count). The normalized spacial score (nSPS) is 14.1. The van der Waals surface area contributed by atoms with Crippen molar-refractivity contribution in [3.05, 3.63) is 66.4 Å². The molecule has 0 spiro atoms. The largest absolute Gasteiger partial charge is 0.355 e. The van der Waals surface area contributed by atoms with Gasteiger partial charge in [0.05, 0.1) is 5.92 Å². The third-order valence-corrected chi connectivity index (χ3v) is 4.51. The van der Waals surface area contributed by atoms with Gasteiger partial charge in [0.25, 0.3) is 5.91 Å². The third-order valence-electron chi connectivity index (χ3n) is 4.51. The van der Waals surface area contributed by atoms with Gasteiger partial charge in [-0.05, 0) is 6.07 Å². The highest BCUT2D eigenvalue weighted by molar-refractivity contribution is 5.93. The summed E-state index contributed by atoms with van der Waals surface area (Å²) in [7, 11) is 0. The van der Waals surface area contributed by atoms with E-state index in [1.165, 1.54) is 0 Å². The summed E-state index contributed by atoms with van der Waals surface area (Å²) in [5.74, 6) is 1.56. The zero-order chi connectivity index (χ0) is 18.9. The first-order valence-corrected chi connectivity index (χ1v) is 8.70. The van der Waals surface area contributed by atoms with Crippen LogP contribution >= 0.6 is 0 Å². The van der Waals surface area contributed by atoms with E-state index in [2.05, 4.69) is 25.3 Å². The number of nitrogens with zero attached hydrogens (tertiary/aromatic N) is 6. The van der Waals surface area contributed by atoms with Crippen LogP contribution in [0.1, 0.15) is 22.3 Å². The molecule has 0 unspecified atom stereocenters. The van der Waals surface area contributed by atoms with E-state index in [1.54, 1.807) is 29.4 Å². The average Bonchev–Trinajstić information content (AvgIpc) is 3.38. The van der Waals surface area contributed by atoms with Crippen LogP contribution in [0.15, 0.2) is 63.9 Å². The molecule has 0 aliphatic carbocycles. The molecule has 0 atom stereocenters. The van der Waals surface area contributed by atoms with Crippen molar-refractivity contribution in [3.8, 4) is 23.0 Å². The first-order chi connectivity index (χ1) is 13.8. The molecule has 1 aliphatic heterocycles. The van der Waals surface area contributed by atoms with E-state index in [1.807, 2.05) is 30.3 Å². The molecule has 4 aromatic rings. The lowest BCUT2D eigenvalue weighted by Crippen LogP contribution is -2.48. The predicted molar refractivity (Wildman–Crippen MR) is 95.9 cm³/mol. The number of hydrogen-bond donors (Lipinski definition) is 0. The minimum atomic E-state index is -0.187. The SMILES string of the molecule is O=C(c1cc(-c2ccccc2)on1)N1CC(c2nc(-c3ncccn3)no2)C1. The van der Waals surface area contributed by atoms with Gasteiger partial charge in [-0.1, -0.05) is 40.6 Å². The quantitative estimate of drug-likeness (QED) is 0.535. The van der Waals surface area contributed by atoms with Crippen LogP contribution in [0.5, 0.6) is 0 Å². The molecule has 1 aliphatic rings. The Morgan fingerprint density at radius 1 is 0.964 bits per heavy atom. The highest BCUT2D eigenvalue weighted by Gasteiger charge is 2.37. The highest BCUT2D eigenvalue weighted by Crippen LogP contribution is 2.29. The Hall–Kier alpha value is -3.88. The van der Waals surface area contributed by atoms with Gasteiger partial charge in [-0.3, -0.25) is 4.79 Å². The van der Waals surface area contributed by atoms with Crippen molar-refractivity contribution in [1.82, 2.24) is 30.2 Å². The summed E-state index contributed by atoms with van der Waals surface area (Å²) in [6.45, 7) is 0.952. The van der Waals surface area contributed by atoms with Gasteiger partial charge in [0, 0.05) is 37.1 Å². The molecule has 1 saturated heterocycles. The van der Waals surface area contributed by atoms with Crippen LogP contribution in [0.3, 0.4) is 0 Å². The molecule has 1 aromatic carbocycles. The van der Waals surface area contributed by atoms with Crippen molar-refractivity contribution in [3.63, 3.8) is 0 Å². The van der Waals surface area contributed by atoms with Crippen LogP contribution in [0.2, 0.25) is 0 Å². The summed E-state index contributed by atoms with van der Waals surface area (Å²) in [6, 6.07) is 12.9. The Morgan fingerprint density at radius 3 is 2.54 bits per heavy atom. The lowest BCUT2D eigenvalue weighted by atomic mass is 9.99. The highest BCUT2D eigenvalue weighted by atomic mass is 16.5. The van der Waals surface area contributed by atoms with Crippen LogP contribution in [-0.2, 0) is 0 Å². The second-order valence-corrected chi connectivity index (χ2v) is 6.38. The van der Waals surface area contributed by atoms with Gasteiger partial charge in [-0.2, -0.15) is 4.98 Å². The second-order valence-electron chi connectivity index (χ2n) is 6.38. The zero-order valence-electron chi connectivity index (χ0n) is 14.6. The molecule has 0 saturated carbocycles. The second kappa shape index (κ2) is 6.69. The Morgan fingerprint density at radius 2 is 1.75 bits per heavy atom. The maximum Gasteiger partial charge on any atom is 0.276 e. The van der Waals surface area contributed by atoms with Gasteiger partial charge in [-0.15, -0.1) is 0 Å². The van der Waals surface area contributed by atoms with Gasteiger partial charge >= 0.3 is 0 Å². The first-order valence-electron chi connectivity index (χ1n) is 8.70. The van der Waals surface area contributed by atoms with E-state index in [-0.39, 0.29) is 17.5 Å². The molecular weight excluding hydrogens is 360 g/mol. The number of amides is 1. The van der Waals surface area contributed by atoms with Crippen LogP contribution in [0, 0.1) is 0 Å². The number of likely N-dealkylation sites (tertiary alicyclic amines) is 1. The summed E-state index contributed by atoms with van der Waals surface area (Å²) in [5, 5.41) is 7.82. The molecule has 4 heterocycles. The van der Waals surface area contributed by atoms with Crippen molar-refractivity contribution >= 4 is 5.91 Å². The Kier molecular flexibility index (Phi) is 3.90. The van der Waals surface area contributed by atoms with Crippen molar-refractivity contribution in [1.29, 1.82) is 0 Å². The average molecular weight is 374 g/mol. The number of carbonyl (C=O) groups excluding carboxylic acids is 1. The Labute approximate surface area is 159 Å². The fourth-order valence-corrected chi connectivity index (χ4v) is 2.98. The van der Waals surface area contributed by atoms with Crippen molar-refractivity contribution < 1.29 is 13.8 Å². The Bertz CT molecular complexity index is 1100. The maximum absolute atomic E-state index is 12.6. The predicted octanol–water partition coefficient (Wildman–Crippen LogP) is 2.42. The summed E-state index contributed by atoms with van der Waals surface area (Å²) in [4.78, 5) is 26.8. The van der Waals surface area contributed by atoms with Gasteiger partial charge in [0.1, 0.15) is 0 Å². The number of benzene rings is 1. The van der Waals surface area contributed by atoms with Crippen molar-refractivity contribution in [2.45, 2.75) is 5.92 Å². The summed E-state index contributed by atoms with van der Waals surface area (Å²) in [5.41, 5.74) is 1.15. The van der Waals surface area contributed by atoms with E-state index in [9.17, 15) is 4.79 Å². The smallest absolute Gasteiger partial charge is 0.276 e. The van der Waals surface area contributed by atoms with E-state index in [4.69, 9.17) is 9.05 Å². The van der Waals surface area contributed by atoms with Gasteiger partial charge < -0.3 is 13.9 Å². The molecular formula is C19H14N6O3. The molecule has 138 valence electrons. The monoisotopic (exact) mass is 374 g/mol. The van der Waals surface area contributed by atoms with Crippen LogP contribution < -0.4 is 0 Å². The number of hydrogen-bond acceptors (Lipinski definition) is 8. The number of carbonyl (C=O) groups is 1. The standard InChI is InChI=1S/C19H14N6O3/c26-19(14-9-15(27-23-14)12-5-2-1-3-6-12)25-10-13(11-25)18-22-17(24-28-18)16-20-7-4-8-21-16/h1-9,13H,10-11H2. The Balaban J connectivity index is 1.24. The zero-order valence-corrected chi connectivity index (χ0v) is 14.6. The van der Waals surface area contributed by atoms with Crippen molar-refractivity contribution in [2.24, 2.45) is 0 Å². The first kappa shape index (κ1) is 16.3. The number of aromatic nitrogens is 5. The molecule has 0 bridgehead atoms. The van der Waals surface area contributed by atoms with E-state index in [0.717, 1.165) is 5.56 Å². The summed E-state index contributed by atoms with van der Waals surface area (Å²) < 4.78 is 10.6. The third kappa shape index (κ3) is 2.92. The van der Waals surface area contributed by atoms with E-state index >= 15 is 0 Å². The molecule has 3 aromatic heterocycles. The van der Waals surface area contributed by atoms with E-state index in [0.29, 0.717) is 36.4 Å². The molecule has 0 radical (unpaired) electrons. The lowest BCUT2D eigenvalue weighted by molar-refractivity contribution is 0.0559. The molecule has 28 heavy (non-hydrogen) atoms. The minimum absolute atomic E-state index is 0.0191. The van der Waals surface area contributed by atoms with E-state index < -0.39 is 0 Å². The van der Waals surface area contributed by atoms with Crippen LogP contribution in [-0.4, -0.2) is 49.2 Å². The minimum Gasteiger partial charge on any atom is -0.355 e. The molecule has 1 amide bonds. The number of rotatable bonds is 4. The summed E-state index contributed by atoms with van der Waals surface area (Å²) in [6.07, 6.45) is 3.23. The van der Waals surface area contributed by atoms with Crippen LogP contribution in [0.25, 0.3) is 23.0 Å². The van der Waals surface area contributed by atoms with Crippen molar-refractivity contribution in [2.75, 3.05) is 13.1 Å².